The number of methoxy groups -OCH3 is 1. The van der Waals surface area contributed by atoms with Crippen LogP contribution in [0.4, 0.5) is 18.3 Å². The Bertz CT molecular complexity index is 1350. The first kappa shape index (κ1) is 26.8. The highest BCUT2D eigenvalue weighted by atomic mass is 35.5. The zero-order valence-electron chi connectivity index (χ0n) is 20.0. The number of carbonyl (C=O) groups is 2. The summed E-state index contributed by atoms with van der Waals surface area (Å²) in [6.07, 6.45) is 1.22. The monoisotopic (exact) mass is 554 g/mol. The third kappa shape index (κ3) is 5.38. The van der Waals surface area contributed by atoms with Crippen molar-refractivity contribution in [1.82, 2.24) is 25.0 Å². The predicted molar refractivity (Wildman–Crippen MR) is 132 cm³/mol. The zero-order chi connectivity index (χ0) is 26.9. The van der Waals surface area contributed by atoms with Gasteiger partial charge >= 0.3 is 11.8 Å². The molecule has 4 rings (SSSR count). The fourth-order valence-corrected chi connectivity index (χ4v) is 4.63. The number of pyridine rings is 1. The van der Waals surface area contributed by atoms with Crippen LogP contribution < -0.4 is 10.1 Å². The fraction of sp³-hybridized carbons (Fsp3) is 0.348. The number of halogens is 4. The Morgan fingerprint density at radius 2 is 1.89 bits per heavy atom. The van der Waals surface area contributed by atoms with Crippen LogP contribution in [-0.2, 0) is 10.7 Å². The number of amides is 2. The average Bonchev–Trinajstić information content (AvgIpc) is 3.34. The number of hydrogen-bond donors (Lipinski definition) is 1. The number of carbonyl (C=O) groups excluding carboxylic acids is 2. The van der Waals surface area contributed by atoms with Gasteiger partial charge < -0.3 is 14.5 Å². The number of ether oxygens (including phenoxy) is 1. The van der Waals surface area contributed by atoms with Crippen LogP contribution in [0.1, 0.15) is 21.1 Å². The summed E-state index contributed by atoms with van der Waals surface area (Å²) in [5.41, 5.74) is 0.463. The van der Waals surface area contributed by atoms with E-state index in [4.69, 9.17) is 16.3 Å². The molecule has 2 aromatic heterocycles. The van der Waals surface area contributed by atoms with Crippen molar-refractivity contribution in [3.63, 3.8) is 0 Å². The van der Waals surface area contributed by atoms with Gasteiger partial charge in [-0.1, -0.05) is 22.9 Å². The number of aryl methyl sites for hydroxylation is 1. The van der Waals surface area contributed by atoms with E-state index in [9.17, 15) is 18.4 Å². The van der Waals surface area contributed by atoms with E-state index in [0.29, 0.717) is 30.1 Å². The minimum Gasteiger partial charge on any atom is -0.496 e. The molecule has 0 bridgehead atoms. The number of hydrogen-bond acceptors (Lipinski definition) is 8. The normalized spacial score (nSPS) is 14.5. The highest BCUT2D eigenvalue weighted by Gasteiger charge is 2.48. The second kappa shape index (κ2) is 10.6. The Morgan fingerprint density at radius 1 is 1.19 bits per heavy atom. The Kier molecular flexibility index (Phi) is 7.67. The fourth-order valence-electron chi connectivity index (χ4n) is 3.77. The van der Waals surface area contributed by atoms with Crippen molar-refractivity contribution in [2.75, 3.05) is 45.7 Å². The van der Waals surface area contributed by atoms with E-state index in [-0.39, 0.29) is 45.7 Å². The first-order chi connectivity index (χ1) is 17.5. The van der Waals surface area contributed by atoms with Crippen molar-refractivity contribution >= 4 is 39.9 Å². The summed E-state index contributed by atoms with van der Waals surface area (Å²) in [5, 5.41) is 8.14. The maximum atomic E-state index is 15.0. The van der Waals surface area contributed by atoms with Gasteiger partial charge in [-0.05, 0) is 32.2 Å². The molecule has 1 N–H and O–H groups in total. The quantitative estimate of drug-likeness (QED) is 0.494. The van der Waals surface area contributed by atoms with Crippen molar-refractivity contribution in [2.24, 2.45) is 0 Å². The van der Waals surface area contributed by atoms with Crippen LogP contribution in [0.2, 0.25) is 5.02 Å². The van der Waals surface area contributed by atoms with Crippen molar-refractivity contribution in [2.45, 2.75) is 12.8 Å². The van der Waals surface area contributed by atoms with Crippen molar-refractivity contribution in [3.05, 3.63) is 51.5 Å². The molecule has 1 aromatic carbocycles. The smallest absolute Gasteiger partial charge is 0.377 e. The Hall–Kier alpha value is -3.29. The molecule has 1 saturated heterocycles. The number of nitrogens with zero attached hydrogens (tertiary/aromatic N) is 5. The highest BCUT2D eigenvalue weighted by Crippen LogP contribution is 2.39. The van der Waals surface area contributed by atoms with E-state index >= 15 is 4.39 Å². The number of anilines is 1. The van der Waals surface area contributed by atoms with Crippen LogP contribution in [0, 0.1) is 12.7 Å². The van der Waals surface area contributed by atoms with Crippen LogP contribution in [-0.4, -0.2) is 77.1 Å². The van der Waals surface area contributed by atoms with E-state index < -0.39 is 28.6 Å². The van der Waals surface area contributed by atoms with Crippen LogP contribution in [0.15, 0.2) is 24.4 Å². The number of piperazine rings is 1. The molecule has 37 heavy (non-hydrogen) atoms. The summed E-state index contributed by atoms with van der Waals surface area (Å²) in [6, 6.07) is 4.24. The second-order valence-corrected chi connectivity index (χ2v) is 9.73. The first-order valence-corrected chi connectivity index (χ1v) is 12.2. The lowest BCUT2D eigenvalue weighted by Crippen LogP contribution is -2.51. The van der Waals surface area contributed by atoms with Gasteiger partial charge in [0.25, 0.3) is 5.91 Å². The summed E-state index contributed by atoms with van der Waals surface area (Å²) in [6.45, 7) is 2.94. The van der Waals surface area contributed by atoms with Gasteiger partial charge in [0.15, 0.2) is 10.8 Å². The Balaban J connectivity index is 1.60. The third-order valence-corrected chi connectivity index (χ3v) is 7.00. The molecule has 1 aliphatic rings. The van der Waals surface area contributed by atoms with E-state index in [1.54, 1.807) is 6.92 Å². The van der Waals surface area contributed by atoms with Gasteiger partial charge in [-0.25, -0.2) is 4.39 Å². The van der Waals surface area contributed by atoms with Crippen molar-refractivity contribution in [1.29, 1.82) is 0 Å². The number of likely N-dealkylation sites (N-methyl/N-ethyl adjacent to an activating group) is 1. The van der Waals surface area contributed by atoms with Gasteiger partial charge in [-0.3, -0.25) is 19.9 Å². The van der Waals surface area contributed by atoms with Gasteiger partial charge in [0.1, 0.15) is 5.75 Å². The molecule has 0 aliphatic carbocycles. The molecule has 2 amide bonds. The first-order valence-electron chi connectivity index (χ1n) is 11.0. The predicted octanol–water partition coefficient (Wildman–Crippen LogP) is 3.83. The largest absolute Gasteiger partial charge is 0.496 e. The van der Waals surface area contributed by atoms with E-state index in [1.807, 2.05) is 11.9 Å². The topological polar surface area (TPSA) is 101 Å². The summed E-state index contributed by atoms with van der Waals surface area (Å²) in [5.74, 6) is -6.77. The highest BCUT2D eigenvalue weighted by molar-refractivity contribution is 7.15. The Labute approximate surface area is 219 Å². The third-order valence-electron chi connectivity index (χ3n) is 5.80. The number of aromatic nitrogens is 3. The van der Waals surface area contributed by atoms with E-state index in [1.165, 1.54) is 31.5 Å². The van der Waals surface area contributed by atoms with Crippen molar-refractivity contribution < 1.29 is 27.5 Å². The number of alkyl halides is 2. The molecule has 0 saturated carbocycles. The summed E-state index contributed by atoms with van der Waals surface area (Å²) >= 11 is 6.33. The lowest BCUT2D eigenvalue weighted by atomic mass is 9.98. The van der Waals surface area contributed by atoms with Gasteiger partial charge in [-0.15, -0.1) is 10.2 Å². The molecule has 0 unspecified atom stereocenters. The van der Waals surface area contributed by atoms with Crippen LogP contribution in [0.5, 0.6) is 5.75 Å². The molecular weight excluding hydrogens is 533 g/mol. The minimum atomic E-state index is -3.91. The average molecular weight is 555 g/mol. The van der Waals surface area contributed by atoms with Crippen LogP contribution >= 0.6 is 22.9 Å². The molecule has 196 valence electrons. The van der Waals surface area contributed by atoms with Crippen LogP contribution in [0.25, 0.3) is 11.1 Å². The summed E-state index contributed by atoms with van der Waals surface area (Å²) < 4.78 is 50.1. The van der Waals surface area contributed by atoms with Gasteiger partial charge in [-0.2, -0.15) is 8.78 Å². The molecule has 3 heterocycles. The summed E-state index contributed by atoms with van der Waals surface area (Å²) in [4.78, 5) is 32.7. The van der Waals surface area contributed by atoms with Crippen LogP contribution in [0.3, 0.4) is 0 Å². The maximum absolute atomic E-state index is 15.0. The molecule has 9 nitrogen and oxygen atoms in total. The van der Waals surface area contributed by atoms with E-state index in [2.05, 4.69) is 20.5 Å². The molecule has 3 aromatic rings. The number of benzene rings is 1. The molecule has 1 fully saturated rings. The molecule has 1 aliphatic heterocycles. The minimum absolute atomic E-state index is 0.0621. The molecule has 0 radical (unpaired) electrons. The molecule has 0 atom stereocenters. The van der Waals surface area contributed by atoms with Gasteiger partial charge in [0, 0.05) is 43.6 Å². The SMILES string of the molecule is COc1ccc(Cl)c(F)c1-c1cc(C)ncc1C(=O)Nc1nnc(C(F)(F)C(=O)N2CCN(C)CC2)s1. The number of rotatable bonds is 6. The lowest BCUT2D eigenvalue weighted by molar-refractivity contribution is -0.160. The standard InChI is InChI=1S/C23H22ClF3N6O3S/c1-12-10-13(17-16(36-3)5-4-15(24)18(17)25)14(11-28-12)19(34)29-22-31-30-20(37-22)23(26,27)21(35)33-8-6-32(2)7-9-33/h4-5,10-11H,6-9H2,1-3H3,(H,29,31,34). The molecule has 14 heteroatoms. The van der Waals surface area contributed by atoms with Gasteiger partial charge in [0.05, 0.1) is 23.3 Å². The Morgan fingerprint density at radius 3 is 2.57 bits per heavy atom. The molecular formula is C23H22ClF3N6O3S. The zero-order valence-corrected chi connectivity index (χ0v) is 21.6. The lowest BCUT2D eigenvalue weighted by Gasteiger charge is -2.33. The number of nitrogens with one attached hydrogen (secondary N) is 1. The van der Waals surface area contributed by atoms with Crippen molar-refractivity contribution in [3.8, 4) is 16.9 Å². The molecule has 0 spiro atoms. The maximum Gasteiger partial charge on any atom is 0.377 e. The van der Waals surface area contributed by atoms with E-state index in [0.717, 1.165) is 4.90 Å². The summed E-state index contributed by atoms with van der Waals surface area (Å²) in [7, 11) is 3.18. The van der Waals surface area contributed by atoms with Gasteiger partial charge in [0.2, 0.25) is 5.13 Å². The second-order valence-electron chi connectivity index (χ2n) is 8.35.